The van der Waals surface area contributed by atoms with Gasteiger partial charge in [0, 0.05) is 10.3 Å². The van der Waals surface area contributed by atoms with Gasteiger partial charge >= 0.3 is 43.7 Å². The third-order valence-corrected chi connectivity index (χ3v) is 0.528. The molecule has 0 aromatic rings. The van der Waals surface area contributed by atoms with Crippen LogP contribution in [0.5, 0.6) is 0 Å². The number of carboxylic acid groups (broad SMARTS) is 1. The van der Waals surface area contributed by atoms with Gasteiger partial charge in [0.25, 0.3) is 0 Å². The fourth-order valence-electron chi connectivity index (χ4n) is 0.148. The second kappa shape index (κ2) is 15.5. The van der Waals surface area contributed by atoms with Crippen molar-refractivity contribution in [2.24, 2.45) is 5.73 Å². The van der Waals surface area contributed by atoms with Crippen LogP contribution in [0.25, 0.3) is 0 Å². The van der Waals surface area contributed by atoms with Crippen molar-refractivity contribution in [3.05, 3.63) is 0 Å². The molecule has 0 aliphatic carbocycles. The van der Waals surface area contributed by atoms with Crippen LogP contribution in [0.4, 0.5) is 0 Å². The summed E-state index contributed by atoms with van der Waals surface area (Å²) in [5.74, 6) is -1.09. The molecule has 10 heteroatoms. The Morgan fingerprint density at radius 1 is 1.36 bits per heavy atom. The average molecular weight is 224 g/mol. The molecule has 70 valence electrons. The number of hydrogen-bond acceptors (Lipinski definition) is 5. The first kappa shape index (κ1) is 23.7. The molecule has 0 unspecified atom stereocenters. The van der Waals surface area contributed by atoms with Crippen molar-refractivity contribution >= 4 is 40.8 Å². The molecule has 4 N–H and O–H groups in total. The summed E-state index contributed by atoms with van der Waals surface area (Å²) >= 11 is 7.74. The van der Waals surface area contributed by atoms with Gasteiger partial charge in [0.05, 0.1) is 0 Å². The number of nitrogens with two attached hydrogens (primary N) is 1. The first-order chi connectivity index (χ1) is 5.36. The maximum atomic E-state index is 9.79. The minimum absolute atomic E-state index is 0. The molecule has 14 heavy (non-hydrogen) atoms. The van der Waals surface area contributed by atoms with Crippen molar-refractivity contribution < 1.29 is 57.8 Å². The molecule has 0 aliphatic heterocycles. The molecule has 0 saturated carbocycles. The van der Waals surface area contributed by atoms with E-state index >= 15 is 0 Å². The third kappa shape index (κ3) is 57.7. The van der Waals surface area contributed by atoms with Crippen molar-refractivity contribution in [1.29, 1.82) is 0 Å². The molecule has 0 aromatic heterocycles. The van der Waals surface area contributed by atoms with E-state index < -0.39 is 22.9 Å². The van der Waals surface area contributed by atoms with Crippen LogP contribution in [0.1, 0.15) is 0 Å². The molecule has 0 amide bonds. The second-order valence-corrected chi connectivity index (χ2v) is 2.13. The Balaban J connectivity index is -0.0000000733. The van der Waals surface area contributed by atoms with Crippen LogP contribution >= 0.6 is 24.4 Å². The number of carboxylic acids is 1. The van der Waals surface area contributed by atoms with Crippen LogP contribution < -0.4 is 59.0 Å². The maximum absolute atomic E-state index is 9.79. The Morgan fingerprint density at radius 2 is 1.64 bits per heavy atom. The van der Waals surface area contributed by atoms with Crippen LogP contribution in [0, 0.1) is 0 Å². The first-order valence-electron chi connectivity index (χ1n) is 2.49. The Morgan fingerprint density at radius 3 is 1.71 bits per heavy atom. The molecule has 0 spiro atoms. The van der Waals surface area contributed by atoms with Gasteiger partial charge in [0.15, 0.2) is 0 Å². The second-order valence-electron chi connectivity index (χ2n) is 1.35. The smallest absolute Gasteiger partial charge is 0.852 e. The van der Waals surface area contributed by atoms with Gasteiger partial charge in [-0.1, -0.05) is 24.4 Å². The number of aliphatic carboxylic acids is 1. The summed E-state index contributed by atoms with van der Waals surface area (Å²) in [4.78, 5) is 9.64. The van der Waals surface area contributed by atoms with E-state index in [1.807, 2.05) is 5.32 Å². The van der Waals surface area contributed by atoms with Crippen LogP contribution in [0.3, 0.4) is 0 Å². The summed E-state index contributed by atoms with van der Waals surface area (Å²) < 4.78 is 0. The van der Waals surface area contributed by atoms with Gasteiger partial charge in [-0.3, -0.25) is 4.79 Å². The van der Waals surface area contributed by atoms with E-state index in [1.54, 1.807) is 0 Å². The van der Waals surface area contributed by atoms with Crippen LogP contribution in [0.15, 0.2) is 0 Å². The van der Waals surface area contributed by atoms with E-state index in [-0.39, 0.29) is 37.7 Å². The van der Waals surface area contributed by atoms with Crippen LogP contribution in [-0.4, -0.2) is 28.0 Å². The average Bonchev–Trinajstić information content (AvgIpc) is 1.82. The number of hydrogen-bond donors (Lipinski definition) is 3. The van der Waals surface area contributed by atoms with Gasteiger partial charge in [-0.2, -0.15) is 0 Å². The molecule has 0 rings (SSSR count). The van der Waals surface area contributed by atoms with E-state index in [2.05, 4.69) is 30.2 Å². The number of thiocarbonyl (C=S) groups is 2. The zero-order chi connectivity index (χ0) is 10.1. The van der Waals surface area contributed by atoms with Gasteiger partial charge in [-0.15, -0.1) is 0 Å². The minimum atomic E-state index is -1.09. The molecular formula is C4H6Li2N2O4S2. The predicted molar refractivity (Wildman–Crippen MR) is 45.0 cm³/mol. The van der Waals surface area contributed by atoms with Gasteiger partial charge in [0.1, 0.15) is 6.54 Å². The number of nitrogens with one attached hydrogen (secondary N) is 1. The van der Waals surface area contributed by atoms with Crippen molar-refractivity contribution in [3.63, 3.8) is 0 Å². The quantitative estimate of drug-likeness (QED) is 0.312. The van der Waals surface area contributed by atoms with Crippen molar-refractivity contribution in [2.75, 3.05) is 6.54 Å². The van der Waals surface area contributed by atoms with Crippen LogP contribution in [0.2, 0.25) is 0 Å². The summed E-state index contributed by atoms with van der Waals surface area (Å²) in [5.41, 5.74) is 4.29. The monoisotopic (exact) mass is 224 g/mol. The van der Waals surface area contributed by atoms with Gasteiger partial charge in [0.2, 0.25) is 0 Å². The summed E-state index contributed by atoms with van der Waals surface area (Å²) in [6, 6.07) is 0. The Bertz CT molecular complexity index is 174. The largest absolute Gasteiger partial charge is 1.00 e. The zero-order valence-electron chi connectivity index (χ0n) is 7.77. The molecule has 0 radical (unpaired) electrons. The summed E-state index contributed by atoms with van der Waals surface area (Å²) in [5, 5.41) is 27.2. The van der Waals surface area contributed by atoms with Crippen molar-refractivity contribution in [2.45, 2.75) is 0 Å². The molecule has 0 aliphatic rings. The molecule has 0 saturated heterocycles. The number of carbonyl (C=O) groups is 1. The molecular weight excluding hydrogens is 218 g/mol. The summed E-state index contributed by atoms with van der Waals surface area (Å²) in [7, 11) is 0. The normalized spacial score (nSPS) is 6.29. The zero-order valence-corrected chi connectivity index (χ0v) is 9.41. The van der Waals surface area contributed by atoms with E-state index in [4.69, 9.17) is 10.2 Å². The van der Waals surface area contributed by atoms with E-state index in [9.17, 15) is 9.90 Å². The van der Waals surface area contributed by atoms with Gasteiger partial charge < -0.3 is 26.4 Å². The fraction of sp³-hybridized carbons (Fsp3) is 0.250. The van der Waals surface area contributed by atoms with Gasteiger partial charge in [-0.05, 0) is 0 Å². The molecule has 6 nitrogen and oxygen atoms in total. The Kier molecular flexibility index (Phi) is 26.2. The third-order valence-electron chi connectivity index (χ3n) is 0.384. The maximum Gasteiger partial charge on any atom is 1.00 e. The van der Waals surface area contributed by atoms with E-state index in [0.29, 0.717) is 0 Å². The SMILES string of the molecule is NC([O-])=S.O=C(O)CNC([O-])=S.[Li+].[Li+]. The summed E-state index contributed by atoms with van der Waals surface area (Å²) in [6.45, 7) is -0.400. The molecule has 0 bridgehead atoms. The summed E-state index contributed by atoms with van der Waals surface area (Å²) in [6.07, 6.45) is 0. The van der Waals surface area contributed by atoms with Crippen LogP contribution in [-0.2, 0) is 4.79 Å². The van der Waals surface area contributed by atoms with Gasteiger partial charge in [-0.25, -0.2) is 0 Å². The molecule has 0 fully saturated rings. The van der Waals surface area contributed by atoms with Crippen molar-refractivity contribution in [1.82, 2.24) is 5.32 Å². The molecule has 0 aromatic carbocycles. The number of rotatable bonds is 2. The fourth-order valence-corrected chi connectivity index (χ4v) is 0.220. The molecule has 0 atom stereocenters. The first-order valence-corrected chi connectivity index (χ1v) is 3.31. The standard InChI is InChI=1S/C3H5NO3S.CH3NOS.2Li/c5-2(6)1-4-3(7)8;2-1(3)4;;/h1H2,(H,5,6)(H2,4,7,8);(H3,2,3,4);;/q;;2*+1/p-2. The van der Waals surface area contributed by atoms with Crippen molar-refractivity contribution in [3.8, 4) is 0 Å². The Labute approximate surface area is 116 Å². The Hall–Kier alpha value is 0.0448. The van der Waals surface area contributed by atoms with E-state index in [1.165, 1.54) is 0 Å². The minimum Gasteiger partial charge on any atom is -0.852 e. The van der Waals surface area contributed by atoms with E-state index in [0.717, 1.165) is 0 Å². The topological polar surface area (TPSA) is 121 Å². The molecule has 0 heterocycles. The predicted octanol–water partition coefficient (Wildman–Crippen LogP) is -9.10.